The standard InChI is InChI=1S/C17H16N4OS/c1-12-2-4-13(5-3-12)9-21-10-15(16(22)20-17(21)23)6-14-7-18-11-19-8-14/h2-5,7-8,10-11H,6,9H2,1H3,(H,20,22,23). The van der Waals surface area contributed by atoms with E-state index in [4.69, 9.17) is 12.2 Å². The van der Waals surface area contributed by atoms with Crippen LogP contribution in [0.25, 0.3) is 0 Å². The molecule has 6 heteroatoms. The molecule has 1 N–H and O–H groups in total. The van der Waals surface area contributed by atoms with Crippen LogP contribution in [0.2, 0.25) is 0 Å². The van der Waals surface area contributed by atoms with Crippen molar-refractivity contribution < 1.29 is 0 Å². The molecule has 0 aliphatic carbocycles. The van der Waals surface area contributed by atoms with E-state index in [1.807, 2.05) is 10.8 Å². The van der Waals surface area contributed by atoms with E-state index in [9.17, 15) is 4.79 Å². The molecule has 0 spiro atoms. The lowest BCUT2D eigenvalue weighted by Crippen LogP contribution is -2.18. The van der Waals surface area contributed by atoms with Crippen LogP contribution in [-0.2, 0) is 13.0 Å². The number of benzene rings is 1. The molecule has 0 aliphatic rings. The third-order valence-electron chi connectivity index (χ3n) is 3.57. The molecule has 116 valence electrons. The SMILES string of the molecule is Cc1ccc(Cn2cc(Cc3cncnc3)c(=O)[nH]c2=S)cc1. The van der Waals surface area contributed by atoms with Crippen molar-refractivity contribution in [3.05, 3.63) is 86.6 Å². The Morgan fingerprint density at radius 2 is 1.83 bits per heavy atom. The van der Waals surface area contributed by atoms with Gasteiger partial charge in [-0.15, -0.1) is 0 Å². The summed E-state index contributed by atoms with van der Waals surface area (Å²) in [4.78, 5) is 22.8. The summed E-state index contributed by atoms with van der Waals surface area (Å²) in [5, 5.41) is 0. The quantitative estimate of drug-likeness (QED) is 0.749. The first-order chi connectivity index (χ1) is 11.1. The van der Waals surface area contributed by atoms with Gasteiger partial charge in [0.1, 0.15) is 6.33 Å². The van der Waals surface area contributed by atoms with Crippen LogP contribution in [0.5, 0.6) is 0 Å². The Morgan fingerprint density at radius 1 is 1.13 bits per heavy atom. The summed E-state index contributed by atoms with van der Waals surface area (Å²) in [6, 6.07) is 8.25. The zero-order chi connectivity index (χ0) is 16.2. The van der Waals surface area contributed by atoms with E-state index in [0.717, 1.165) is 11.1 Å². The number of nitrogens with zero attached hydrogens (tertiary/aromatic N) is 3. The monoisotopic (exact) mass is 324 g/mol. The van der Waals surface area contributed by atoms with Gasteiger partial charge < -0.3 is 4.57 Å². The van der Waals surface area contributed by atoms with Crippen LogP contribution in [0.1, 0.15) is 22.3 Å². The Labute approximate surface area is 138 Å². The van der Waals surface area contributed by atoms with Gasteiger partial charge in [0.15, 0.2) is 4.77 Å². The van der Waals surface area contributed by atoms with Gasteiger partial charge in [0, 0.05) is 37.1 Å². The molecule has 0 fully saturated rings. The molecule has 5 nitrogen and oxygen atoms in total. The second-order valence-corrected chi connectivity index (χ2v) is 5.84. The lowest BCUT2D eigenvalue weighted by Gasteiger charge is -2.09. The van der Waals surface area contributed by atoms with E-state index in [1.165, 1.54) is 11.9 Å². The Balaban J connectivity index is 1.92. The molecule has 2 heterocycles. The summed E-state index contributed by atoms with van der Waals surface area (Å²) in [5.74, 6) is 0. The van der Waals surface area contributed by atoms with Crippen molar-refractivity contribution in [1.82, 2.24) is 19.5 Å². The molecule has 0 saturated carbocycles. The van der Waals surface area contributed by atoms with Gasteiger partial charge >= 0.3 is 0 Å². The molecule has 0 saturated heterocycles. The Morgan fingerprint density at radius 3 is 2.52 bits per heavy atom. The number of aromatic nitrogens is 4. The maximum Gasteiger partial charge on any atom is 0.255 e. The predicted molar refractivity (Wildman–Crippen MR) is 91.0 cm³/mol. The molecule has 0 radical (unpaired) electrons. The number of aromatic amines is 1. The zero-order valence-electron chi connectivity index (χ0n) is 12.7. The van der Waals surface area contributed by atoms with E-state index in [1.54, 1.807) is 12.4 Å². The van der Waals surface area contributed by atoms with Crippen LogP contribution >= 0.6 is 12.2 Å². The Kier molecular flexibility index (Phi) is 4.43. The van der Waals surface area contributed by atoms with E-state index in [0.29, 0.717) is 23.3 Å². The van der Waals surface area contributed by atoms with Gasteiger partial charge in [0.05, 0.1) is 0 Å². The molecule has 23 heavy (non-hydrogen) atoms. The van der Waals surface area contributed by atoms with Crippen molar-refractivity contribution in [1.29, 1.82) is 0 Å². The van der Waals surface area contributed by atoms with Crippen molar-refractivity contribution in [2.24, 2.45) is 0 Å². The van der Waals surface area contributed by atoms with E-state index < -0.39 is 0 Å². The normalized spacial score (nSPS) is 10.7. The number of hydrogen-bond acceptors (Lipinski definition) is 4. The molecule has 3 rings (SSSR count). The predicted octanol–water partition coefficient (Wildman–Crippen LogP) is 2.64. The highest BCUT2D eigenvalue weighted by Crippen LogP contribution is 2.08. The van der Waals surface area contributed by atoms with Crippen molar-refractivity contribution in [2.45, 2.75) is 19.9 Å². The summed E-state index contributed by atoms with van der Waals surface area (Å²) in [6.45, 7) is 2.67. The number of rotatable bonds is 4. The number of H-pyrrole nitrogens is 1. The molecule has 0 aliphatic heterocycles. The van der Waals surface area contributed by atoms with Gasteiger partial charge in [0.25, 0.3) is 5.56 Å². The van der Waals surface area contributed by atoms with Crippen LogP contribution in [0.15, 0.2) is 54.0 Å². The summed E-state index contributed by atoms with van der Waals surface area (Å²) < 4.78 is 2.30. The second kappa shape index (κ2) is 6.66. The zero-order valence-corrected chi connectivity index (χ0v) is 13.5. The summed E-state index contributed by atoms with van der Waals surface area (Å²) in [5.41, 5.74) is 3.70. The molecule has 0 bridgehead atoms. The largest absolute Gasteiger partial charge is 0.320 e. The highest BCUT2D eigenvalue weighted by atomic mass is 32.1. The minimum Gasteiger partial charge on any atom is -0.320 e. The van der Waals surface area contributed by atoms with Crippen LogP contribution < -0.4 is 5.56 Å². The lowest BCUT2D eigenvalue weighted by atomic mass is 10.1. The molecular weight excluding hydrogens is 308 g/mol. The molecule has 0 unspecified atom stereocenters. The topological polar surface area (TPSA) is 63.6 Å². The van der Waals surface area contributed by atoms with Crippen LogP contribution in [0.4, 0.5) is 0 Å². The van der Waals surface area contributed by atoms with Gasteiger partial charge in [-0.1, -0.05) is 29.8 Å². The number of hydrogen-bond donors (Lipinski definition) is 1. The Bertz CT molecular complexity index is 914. The summed E-state index contributed by atoms with van der Waals surface area (Å²) in [7, 11) is 0. The fourth-order valence-corrected chi connectivity index (χ4v) is 2.54. The Hall–Kier alpha value is -2.60. The molecule has 0 amide bonds. The number of nitrogens with one attached hydrogen (secondary N) is 1. The summed E-state index contributed by atoms with van der Waals surface area (Å²) >= 11 is 5.27. The highest BCUT2D eigenvalue weighted by molar-refractivity contribution is 7.71. The molecule has 1 aromatic carbocycles. The fraction of sp³-hybridized carbons (Fsp3) is 0.176. The molecular formula is C17H16N4OS. The average molecular weight is 324 g/mol. The van der Waals surface area contributed by atoms with Gasteiger partial charge in [0.2, 0.25) is 0 Å². The molecule has 3 aromatic rings. The van der Waals surface area contributed by atoms with Gasteiger partial charge in [-0.2, -0.15) is 0 Å². The lowest BCUT2D eigenvalue weighted by molar-refractivity contribution is 0.732. The van der Waals surface area contributed by atoms with E-state index in [-0.39, 0.29) is 5.56 Å². The smallest absolute Gasteiger partial charge is 0.255 e. The van der Waals surface area contributed by atoms with E-state index >= 15 is 0 Å². The van der Waals surface area contributed by atoms with Crippen molar-refractivity contribution >= 4 is 12.2 Å². The second-order valence-electron chi connectivity index (χ2n) is 5.45. The third kappa shape index (κ3) is 3.78. The van der Waals surface area contributed by atoms with Crippen LogP contribution in [0, 0.1) is 11.7 Å². The third-order valence-corrected chi connectivity index (χ3v) is 3.90. The van der Waals surface area contributed by atoms with Crippen LogP contribution in [0.3, 0.4) is 0 Å². The minimum atomic E-state index is -0.168. The minimum absolute atomic E-state index is 0.168. The molecule has 2 aromatic heterocycles. The first-order valence-corrected chi connectivity index (χ1v) is 7.65. The fourth-order valence-electron chi connectivity index (χ4n) is 2.33. The number of aryl methyl sites for hydroxylation is 1. The maximum atomic E-state index is 12.1. The highest BCUT2D eigenvalue weighted by Gasteiger charge is 2.05. The molecule has 0 atom stereocenters. The van der Waals surface area contributed by atoms with Crippen molar-refractivity contribution in [3.63, 3.8) is 0 Å². The van der Waals surface area contributed by atoms with Crippen LogP contribution in [-0.4, -0.2) is 19.5 Å². The average Bonchev–Trinajstić information content (AvgIpc) is 2.55. The first-order valence-electron chi connectivity index (χ1n) is 7.24. The van der Waals surface area contributed by atoms with Gasteiger partial charge in [-0.05, 0) is 30.3 Å². The van der Waals surface area contributed by atoms with Gasteiger partial charge in [-0.3, -0.25) is 9.78 Å². The summed E-state index contributed by atoms with van der Waals surface area (Å²) in [6.07, 6.45) is 7.17. The van der Waals surface area contributed by atoms with Crippen molar-refractivity contribution in [2.75, 3.05) is 0 Å². The maximum absolute atomic E-state index is 12.1. The van der Waals surface area contributed by atoms with Crippen molar-refractivity contribution in [3.8, 4) is 0 Å². The van der Waals surface area contributed by atoms with Gasteiger partial charge in [-0.25, -0.2) is 9.97 Å². The van der Waals surface area contributed by atoms with E-state index in [2.05, 4.69) is 46.1 Å². The first kappa shape index (κ1) is 15.3.